The van der Waals surface area contributed by atoms with Crippen LogP contribution in [0.1, 0.15) is 12.5 Å². The molecular formula is C10H13N3O. The zero-order chi connectivity index (χ0) is 9.97. The van der Waals surface area contributed by atoms with E-state index >= 15 is 0 Å². The van der Waals surface area contributed by atoms with Crippen molar-refractivity contribution in [2.24, 2.45) is 0 Å². The lowest BCUT2D eigenvalue weighted by atomic mass is 10.1. The number of hydrogen-bond acceptors (Lipinski definition) is 3. The van der Waals surface area contributed by atoms with Crippen molar-refractivity contribution in [3.05, 3.63) is 23.9 Å². The van der Waals surface area contributed by atoms with E-state index in [1.54, 1.807) is 6.20 Å². The van der Waals surface area contributed by atoms with Crippen molar-refractivity contribution in [3.63, 3.8) is 0 Å². The number of rotatable bonds is 2. The number of fused-ring (bicyclic) bond motifs is 1. The third-order valence-corrected chi connectivity index (χ3v) is 2.29. The largest absolute Gasteiger partial charge is 0.358 e. The van der Waals surface area contributed by atoms with Gasteiger partial charge in [0.05, 0.1) is 0 Å². The first-order valence-corrected chi connectivity index (χ1v) is 4.79. The summed E-state index contributed by atoms with van der Waals surface area (Å²) in [7, 11) is 0. The average Bonchev–Trinajstić information content (AvgIpc) is 2.61. The second kappa shape index (κ2) is 3.65. The lowest BCUT2D eigenvalue weighted by Crippen LogP contribution is -2.38. The van der Waals surface area contributed by atoms with E-state index in [4.69, 9.17) is 0 Å². The van der Waals surface area contributed by atoms with Gasteiger partial charge in [0, 0.05) is 19.2 Å². The number of carbonyl (C=O) groups excluding carboxylic acids is 1. The number of nitrogens with zero attached hydrogens (tertiary/aromatic N) is 1. The summed E-state index contributed by atoms with van der Waals surface area (Å²) in [6.45, 7) is 2.58. The number of hydrogen-bond donors (Lipinski definition) is 2. The SMILES string of the molecule is CCNC(=O)[C@@H]1Cc2cccnc2N1. The fourth-order valence-electron chi connectivity index (χ4n) is 1.62. The van der Waals surface area contributed by atoms with E-state index in [0.717, 1.165) is 17.8 Å². The van der Waals surface area contributed by atoms with Gasteiger partial charge < -0.3 is 10.6 Å². The van der Waals surface area contributed by atoms with Crippen LogP contribution >= 0.6 is 0 Å². The van der Waals surface area contributed by atoms with Crippen LogP contribution in [-0.2, 0) is 11.2 Å². The molecule has 2 rings (SSSR count). The average molecular weight is 191 g/mol. The van der Waals surface area contributed by atoms with Gasteiger partial charge in [0.25, 0.3) is 0 Å². The number of amides is 1. The number of likely N-dealkylation sites (N-methyl/N-ethyl adjacent to an activating group) is 1. The first-order chi connectivity index (χ1) is 6.81. The molecule has 0 saturated carbocycles. The van der Waals surface area contributed by atoms with Crippen molar-refractivity contribution in [1.82, 2.24) is 10.3 Å². The van der Waals surface area contributed by atoms with Gasteiger partial charge in [-0.3, -0.25) is 4.79 Å². The first kappa shape index (κ1) is 8.99. The first-order valence-electron chi connectivity index (χ1n) is 4.79. The highest BCUT2D eigenvalue weighted by Crippen LogP contribution is 2.22. The molecule has 0 unspecified atom stereocenters. The minimum Gasteiger partial charge on any atom is -0.358 e. The van der Waals surface area contributed by atoms with Gasteiger partial charge in [-0.25, -0.2) is 4.98 Å². The summed E-state index contributed by atoms with van der Waals surface area (Å²) in [4.78, 5) is 15.7. The Hall–Kier alpha value is -1.58. The molecular weight excluding hydrogens is 178 g/mol. The van der Waals surface area contributed by atoms with Crippen LogP contribution in [0.2, 0.25) is 0 Å². The Bertz CT molecular complexity index is 326. The molecule has 1 aromatic heterocycles. The Balaban J connectivity index is 2.08. The molecule has 14 heavy (non-hydrogen) atoms. The summed E-state index contributed by atoms with van der Waals surface area (Å²) in [5.74, 6) is 0.884. The lowest BCUT2D eigenvalue weighted by molar-refractivity contribution is -0.121. The van der Waals surface area contributed by atoms with Gasteiger partial charge in [-0.1, -0.05) is 6.07 Å². The summed E-state index contributed by atoms with van der Waals surface area (Å²) >= 11 is 0. The highest BCUT2D eigenvalue weighted by atomic mass is 16.2. The van der Waals surface area contributed by atoms with Crippen LogP contribution in [0.15, 0.2) is 18.3 Å². The second-order valence-corrected chi connectivity index (χ2v) is 3.31. The number of aromatic nitrogens is 1. The molecule has 1 aliphatic heterocycles. The maximum atomic E-state index is 11.5. The summed E-state index contributed by atoms with van der Waals surface area (Å²) in [6.07, 6.45) is 2.46. The topological polar surface area (TPSA) is 54.0 Å². The van der Waals surface area contributed by atoms with Crippen LogP contribution in [0, 0.1) is 0 Å². The molecule has 1 aliphatic rings. The maximum Gasteiger partial charge on any atom is 0.242 e. The molecule has 0 bridgehead atoms. The van der Waals surface area contributed by atoms with E-state index in [-0.39, 0.29) is 11.9 Å². The van der Waals surface area contributed by atoms with Gasteiger partial charge >= 0.3 is 0 Å². The Labute approximate surface area is 82.7 Å². The molecule has 4 heteroatoms. The third-order valence-electron chi connectivity index (χ3n) is 2.29. The zero-order valence-electron chi connectivity index (χ0n) is 8.08. The number of anilines is 1. The summed E-state index contributed by atoms with van der Waals surface area (Å²) in [6, 6.07) is 3.73. The van der Waals surface area contributed by atoms with E-state index in [9.17, 15) is 4.79 Å². The van der Waals surface area contributed by atoms with Crippen LogP contribution in [-0.4, -0.2) is 23.5 Å². The molecule has 0 radical (unpaired) electrons. The fraction of sp³-hybridized carbons (Fsp3) is 0.400. The second-order valence-electron chi connectivity index (χ2n) is 3.31. The Morgan fingerprint density at radius 2 is 2.64 bits per heavy atom. The van der Waals surface area contributed by atoms with Gasteiger partial charge in [-0.15, -0.1) is 0 Å². The predicted molar refractivity (Wildman–Crippen MR) is 54.0 cm³/mol. The Morgan fingerprint density at radius 3 is 3.36 bits per heavy atom. The number of nitrogens with one attached hydrogen (secondary N) is 2. The van der Waals surface area contributed by atoms with Crippen molar-refractivity contribution in [3.8, 4) is 0 Å². The molecule has 2 heterocycles. The van der Waals surface area contributed by atoms with Crippen molar-refractivity contribution >= 4 is 11.7 Å². The maximum absolute atomic E-state index is 11.5. The van der Waals surface area contributed by atoms with Gasteiger partial charge in [0.2, 0.25) is 5.91 Å². The van der Waals surface area contributed by atoms with E-state index in [2.05, 4.69) is 15.6 Å². The Kier molecular flexibility index (Phi) is 2.35. The highest BCUT2D eigenvalue weighted by Gasteiger charge is 2.26. The Morgan fingerprint density at radius 1 is 1.79 bits per heavy atom. The fourth-order valence-corrected chi connectivity index (χ4v) is 1.62. The van der Waals surface area contributed by atoms with E-state index in [1.165, 1.54) is 0 Å². The highest BCUT2D eigenvalue weighted by molar-refractivity contribution is 5.86. The van der Waals surface area contributed by atoms with Crippen LogP contribution in [0.5, 0.6) is 0 Å². The minimum atomic E-state index is -0.153. The van der Waals surface area contributed by atoms with Gasteiger partial charge in [0.15, 0.2) is 0 Å². The van der Waals surface area contributed by atoms with Crippen LogP contribution < -0.4 is 10.6 Å². The van der Waals surface area contributed by atoms with Crippen LogP contribution in [0.4, 0.5) is 5.82 Å². The summed E-state index contributed by atoms with van der Waals surface area (Å²) < 4.78 is 0. The normalized spacial score (nSPS) is 18.5. The van der Waals surface area contributed by atoms with Crippen molar-refractivity contribution in [2.75, 3.05) is 11.9 Å². The van der Waals surface area contributed by atoms with Crippen molar-refractivity contribution in [2.45, 2.75) is 19.4 Å². The molecule has 0 spiro atoms. The van der Waals surface area contributed by atoms with Crippen LogP contribution in [0.25, 0.3) is 0 Å². The van der Waals surface area contributed by atoms with Crippen LogP contribution in [0.3, 0.4) is 0 Å². The van der Waals surface area contributed by atoms with Crippen molar-refractivity contribution in [1.29, 1.82) is 0 Å². The zero-order valence-corrected chi connectivity index (χ0v) is 8.08. The van der Waals surface area contributed by atoms with Gasteiger partial charge in [0.1, 0.15) is 11.9 Å². The van der Waals surface area contributed by atoms with Gasteiger partial charge in [-0.05, 0) is 18.6 Å². The molecule has 74 valence electrons. The summed E-state index contributed by atoms with van der Waals surface area (Å²) in [5, 5.41) is 5.89. The molecule has 0 saturated heterocycles. The minimum absolute atomic E-state index is 0.0468. The molecule has 0 aromatic carbocycles. The van der Waals surface area contributed by atoms with E-state index in [0.29, 0.717) is 6.54 Å². The molecule has 1 atom stereocenters. The molecule has 2 N–H and O–H groups in total. The summed E-state index contributed by atoms with van der Waals surface area (Å²) in [5.41, 5.74) is 1.11. The van der Waals surface area contributed by atoms with E-state index < -0.39 is 0 Å². The molecule has 4 nitrogen and oxygen atoms in total. The molecule has 0 aliphatic carbocycles. The quantitative estimate of drug-likeness (QED) is 0.718. The lowest BCUT2D eigenvalue weighted by Gasteiger charge is -2.09. The molecule has 1 aromatic rings. The monoisotopic (exact) mass is 191 g/mol. The standard InChI is InChI=1S/C10H13N3O/c1-2-11-10(14)8-6-7-4-3-5-12-9(7)13-8/h3-5,8H,2,6H2,1H3,(H,11,14)(H,12,13)/t8-/m0/s1. The predicted octanol–water partition coefficient (Wildman–Crippen LogP) is 0.554. The van der Waals surface area contributed by atoms with Gasteiger partial charge in [-0.2, -0.15) is 0 Å². The number of pyridine rings is 1. The number of carbonyl (C=O) groups is 1. The van der Waals surface area contributed by atoms with E-state index in [1.807, 2.05) is 19.1 Å². The molecule has 1 amide bonds. The van der Waals surface area contributed by atoms with Crippen molar-refractivity contribution < 1.29 is 4.79 Å². The third kappa shape index (κ3) is 1.55. The molecule has 0 fully saturated rings. The smallest absolute Gasteiger partial charge is 0.242 e.